The zero-order valence-electron chi connectivity index (χ0n) is 14.3. The Bertz CT molecular complexity index is 268. The smallest absolute Gasteiger partial charge is 0.0597 e. The zero-order chi connectivity index (χ0) is 15.2. The van der Waals surface area contributed by atoms with E-state index in [1.54, 1.807) is 0 Å². The van der Waals surface area contributed by atoms with Gasteiger partial charge in [0.2, 0.25) is 0 Å². The summed E-state index contributed by atoms with van der Waals surface area (Å²) in [5, 5.41) is 0. The summed E-state index contributed by atoms with van der Waals surface area (Å²) in [6, 6.07) is 0. The molecule has 0 aromatic heterocycles. The van der Waals surface area contributed by atoms with Crippen LogP contribution in [0.2, 0.25) is 0 Å². The van der Waals surface area contributed by atoms with E-state index in [9.17, 15) is 0 Å². The lowest BCUT2D eigenvalue weighted by atomic mass is 9.72. The van der Waals surface area contributed by atoms with E-state index in [2.05, 4.69) is 39.6 Å². The Hall–Kier alpha value is -0.120. The Morgan fingerprint density at radius 3 is 2.55 bits per heavy atom. The normalized spacial score (nSPS) is 27.8. The first-order valence-electron chi connectivity index (χ1n) is 8.42. The van der Waals surface area contributed by atoms with Crippen molar-refractivity contribution in [1.82, 2.24) is 4.90 Å². The number of nitrogens with zero attached hydrogens (tertiary/aromatic N) is 1. The van der Waals surface area contributed by atoms with Gasteiger partial charge in [-0.25, -0.2) is 0 Å². The summed E-state index contributed by atoms with van der Waals surface area (Å²) in [6.45, 7) is 11.4. The average molecular weight is 284 g/mol. The molecule has 1 rings (SSSR count). The average Bonchev–Trinajstić information content (AvgIpc) is 2.37. The first-order valence-corrected chi connectivity index (χ1v) is 8.42. The van der Waals surface area contributed by atoms with Gasteiger partial charge < -0.3 is 10.5 Å². The molecule has 0 saturated heterocycles. The van der Waals surface area contributed by atoms with E-state index >= 15 is 0 Å². The minimum absolute atomic E-state index is 0.206. The first-order chi connectivity index (χ1) is 9.39. The minimum Gasteiger partial charge on any atom is -0.377 e. The highest BCUT2D eigenvalue weighted by molar-refractivity contribution is 4.95. The van der Waals surface area contributed by atoms with Gasteiger partial charge in [-0.1, -0.05) is 26.7 Å². The van der Waals surface area contributed by atoms with Crippen LogP contribution in [0.1, 0.15) is 59.8 Å². The standard InChI is InChI=1S/C17H36N2O/c1-14(2)11-16-7-6-8-17(12-16,13-18)19(5)9-10-20-15(3)4/h14-16H,6-13,18H2,1-5H3. The molecular formula is C17H36N2O. The highest BCUT2D eigenvalue weighted by Gasteiger charge is 2.38. The van der Waals surface area contributed by atoms with Crippen molar-refractivity contribution in [2.45, 2.75) is 71.4 Å². The molecule has 1 aliphatic carbocycles. The van der Waals surface area contributed by atoms with Crippen LogP contribution >= 0.6 is 0 Å². The fourth-order valence-corrected chi connectivity index (χ4v) is 3.68. The molecule has 2 atom stereocenters. The van der Waals surface area contributed by atoms with Crippen molar-refractivity contribution < 1.29 is 4.74 Å². The molecule has 0 radical (unpaired) electrons. The van der Waals surface area contributed by atoms with Gasteiger partial charge in [0.25, 0.3) is 0 Å². The third-order valence-electron chi connectivity index (χ3n) is 4.80. The zero-order valence-corrected chi connectivity index (χ0v) is 14.3. The Kier molecular flexibility index (Phi) is 7.49. The van der Waals surface area contributed by atoms with Crippen LogP contribution in [0.25, 0.3) is 0 Å². The third-order valence-corrected chi connectivity index (χ3v) is 4.80. The molecule has 0 aromatic rings. The highest BCUT2D eigenvalue weighted by atomic mass is 16.5. The van der Waals surface area contributed by atoms with E-state index in [0.717, 1.165) is 31.5 Å². The van der Waals surface area contributed by atoms with Crippen molar-refractivity contribution in [3.8, 4) is 0 Å². The predicted molar refractivity (Wildman–Crippen MR) is 86.9 cm³/mol. The Morgan fingerprint density at radius 2 is 2.00 bits per heavy atom. The van der Waals surface area contributed by atoms with Gasteiger partial charge in [0, 0.05) is 18.6 Å². The van der Waals surface area contributed by atoms with Crippen LogP contribution in [0.4, 0.5) is 0 Å². The molecule has 1 fully saturated rings. The summed E-state index contributed by atoms with van der Waals surface area (Å²) in [5.74, 6) is 1.64. The molecule has 120 valence electrons. The minimum atomic E-state index is 0.206. The van der Waals surface area contributed by atoms with Gasteiger partial charge >= 0.3 is 0 Å². The second kappa shape index (κ2) is 8.35. The van der Waals surface area contributed by atoms with Gasteiger partial charge in [-0.05, 0) is 52.0 Å². The Labute approximate surface area is 126 Å². The third kappa shape index (κ3) is 5.34. The van der Waals surface area contributed by atoms with Crippen LogP contribution < -0.4 is 5.73 Å². The predicted octanol–water partition coefficient (Wildman–Crippen LogP) is 3.28. The molecule has 3 nitrogen and oxygen atoms in total. The van der Waals surface area contributed by atoms with E-state index in [1.165, 1.54) is 32.1 Å². The fourth-order valence-electron chi connectivity index (χ4n) is 3.68. The summed E-state index contributed by atoms with van der Waals surface area (Å²) in [5.41, 5.74) is 6.39. The van der Waals surface area contributed by atoms with Gasteiger partial charge in [-0.15, -0.1) is 0 Å². The van der Waals surface area contributed by atoms with Crippen LogP contribution in [0.5, 0.6) is 0 Å². The van der Waals surface area contributed by atoms with Gasteiger partial charge in [0.05, 0.1) is 12.7 Å². The van der Waals surface area contributed by atoms with Gasteiger partial charge in [0.15, 0.2) is 0 Å². The van der Waals surface area contributed by atoms with E-state index < -0.39 is 0 Å². The molecule has 0 aliphatic heterocycles. The molecule has 0 amide bonds. The molecule has 3 heteroatoms. The van der Waals surface area contributed by atoms with Crippen LogP contribution in [0.3, 0.4) is 0 Å². The van der Waals surface area contributed by atoms with E-state index in [1.807, 2.05) is 0 Å². The second-order valence-electron chi connectivity index (χ2n) is 7.36. The molecular weight excluding hydrogens is 248 g/mol. The van der Waals surface area contributed by atoms with E-state index in [0.29, 0.717) is 6.10 Å². The Morgan fingerprint density at radius 1 is 1.30 bits per heavy atom. The molecule has 0 spiro atoms. The maximum Gasteiger partial charge on any atom is 0.0597 e. The van der Waals surface area contributed by atoms with Crippen LogP contribution in [0.15, 0.2) is 0 Å². The maximum absolute atomic E-state index is 6.18. The Balaban J connectivity index is 2.55. The van der Waals surface area contributed by atoms with Crippen molar-refractivity contribution >= 4 is 0 Å². The lowest BCUT2D eigenvalue weighted by Crippen LogP contribution is -2.55. The van der Waals surface area contributed by atoms with Crippen LogP contribution in [-0.4, -0.2) is 43.3 Å². The monoisotopic (exact) mass is 284 g/mol. The lowest BCUT2D eigenvalue weighted by Gasteiger charge is -2.47. The molecule has 0 aromatic carbocycles. The van der Waals surface area contributed by atoms with E-state index in [4.69, 9.17) is 10.5 Å². The second-order valence-corrected chi connectivity index (χ2v) is 7.36. The van der Waals surface area contributed by atoms with Crippen LogP contribution in [-0.2, 0) is 4.74 Å². The molecule has 2 N–H and O–H groups in total. The summed E-state index contributed by atoms with van der Waals surface area (Å²) < 4.78 is 5.70. The topological polar surface area (TPSA) is 38.5 Å². The van der Waals surface area contributed by atoms with Gasteiger partial charge in [-0.2, -0.15) is 0 Å². The van der Waals surface area contributed by atoms with Gasteiger partial charge in [0.1, 0.15) is 0 Å². The molecule has 0 bridgehead atoms. The highest BCUT2D eigenvalue weighted by Crippen LogP contribution is 2.38. The molecule has 0 heterocycles. The lowest BCUT2D eigenvalue weighted by molar-refractivity contribution is 0.00952. The number of nitrogens with two attached hydrogens (primary N) is 1. The SMILES string of the molecule is CC(C)CC1CCCC(CN)(N(C)CCOC(C)C)C1. The largest absolute Gasteiger partial charge is 0.377 e. The molecule has 1 aliphatic rings. The first kappa shape index (κ1) is 17.9. The number of likely N-dealkylation sites (N-methyl/N-ethyl adjacent to an activating group) is 1. The quantitative estimate of drug-likeness (QED) is 0.743. The summed E-state index contributed by atoms with van der Waals surface area (Å²) in [4.78, 5) is 2.47. The number of hydrogen-bond acceptors (Lipinski definition) is 3. The summed E-state index contributed by atoms with van der Waals surface area (Å²) >= 11 is 0. The molecule has 20 heavy (non-hydrogen) atoms. The van der Waals surface area contributed by atoms with E-state index in [-0.39, 0.29) is 5.54 Å². The van der Waals surface area contributed by atoms with Crippen molar-refractivity contribution in [1.29, 1.82) is 0 Å². The molecule has 2 unspecified atom stereocenters. The number of rotatable bonds is 8. The van der Waals surface area contributed by atoms with Crippen LogP contribution in [0, 0.1) is 11.8 Å². The van der Waals surface area contributed by atoms with Crippen molar-refractivity contribution in [3.63, 3.8) is 0 Å². The van der Waals surface area contributed by atoms with Crippen molar-refractivity contribution in [3.05, 3.63) is 0 Å². The van der Waals surface area contributed by atoms with Crippen molar-refractivity contribution in [2.75, 3.05) is 26.7 Å². The van der Waals surface area contributed by atoms with Gasteiger partial charge in [-0.3, -0.25) is 4.90 Å². The van der Waals surface area contributed by atoms with Crippen molar-refractivity contribution in [2.24, 2.45) is 17.6 Å². The number of ether oxygens (including phenoxy) is 1. The fraction of sp³-hybridized carbons (Fsp3) is 1.00. The number of hydrogen-bond donors (Lipinski definition) is 1. The molecule has 1 saturated carbocycles. The maximum atomic E-state index is 6.18. The summed E-state index contributed by atoms with van der Waals surface area (Å²) in [7, 11) is 2.23. The summed E-state index contributed by atoms with van der Waals surface area (Å²) in [6.07, 6.45) is 6.88.